The van der Waals surface area contributed by atoms with Gasteiger partial charge in [0.15, 0.2) is 17.7 Å². The molecule has 0 radical (unpaired) electrons. The van der Waals surface area contributed by atoms with Crippen LogP contribution in [0.2, 0.25) is 0 Å². The van der Waals surface area contributed by atoms with Gasteiger partial charge in [0.1, 0.15) is 30.2 Å². The topological polar surface area (TPSA) is 195 Å². The number of aromatic nitrogens is 4. The van der Waals surface area contributed by atoms with Crippen LogP contribution in [0.4, 0.5) is 19.0 Å². The van der Waals surface area contributed by atoms with E-state index in [4.69, 9.17) is 10.5 Å². The molecule has 0 spiro atoms. The summed E-state index contributed by atoms with van der Waals surface area (Å²) < 4.78 is 61.5. The minimum atomic E-state index is -5.72. The molecule has 3 rings (SSSR count). The number of fused-ring (bicyclic) bond motifs is 1. The average Bonchev–Trinajstić information content (AvgIpc) is 3.15. The molecule has 17 heteroatoms. The summed E-state index contributed by atoms with van der Waals surface area (Å²) in [6.45, 7) is -1.05. The SMILES string of the molecule is Nc1ncnc2c1ncn2[C@@H]1O[C@H](COP(=O)([O-])OC(=O)C(F)(F)F)[C@@H](O)[C@H]1O. The largest absolute Gasteiger partial charge is 0.746 e. The highest BCUT2D eigenvalue weighted by molar-refractivity contribution is 7.46. The Balaban J connectivity index is 1.70. The number of anilines is 1. The lowest BCUT2D eigenvalue weighted by Crippen LogP contribution is -2.34. The molecule has 13 nitrogen and oxygen atoms in total. The van der Waals surface area contributed by atoms with E-state index in [9.17, 15) is 37.6 Å². The Morgan fingerprint density at radius 2 is 2.03 bits per heavy atom. The van der Waals surface area contributed by atoms with E-state index in [0.717, 1.165) is 6.33 Å². The van der Waals surface area contributed by atoms with Gasteiger partial charge >= 0.3 is 20.0 Å². The third-order valence-electron chi connectivity index (χ3n) is 3.82. The highest BCUT2D eigenvalue weighted by Crippen LogP contribution is 2.42. The van der Waals surface area contributed by atoms with Crippen LogP contribution in [-0.2, 0) is 23.1 Å². The molecule has 0 bridgehead atoms. The first-order chi connectivity index (χ1) is 13.4. The highest BCUT2D eigenvalue weighted by atomic mass is 31.2. The van der Waals surface area contributed by atoms with Crippen molar-refractivity contribution in [3.8, 4) is 0 Å². The second kappa shape index (κ2) is 7.47. The van der Waals surface area contributed by atoms with E-state index >= 15 is 0 Å². The number of halogens is 3. The second-order valence-corrected chi connectivity index (χ2v) is 7.08. The van der Waals surface area contributed by atoms with Crippen LogP contribution in [0.15, 0.2) is 12.7 Å². The Bertz CT molecular complexity index is 971. The predicted molar refractivity (Wildman–Crippen MR) is 81.4 cm³/mol. The zero-order valence-electron chi connectivity index (χ0n) is 14.0. The van der Waals surface area contributed by atoms with Gasteiger partial charge in [-0.3, -0.25) is 9.13 Å². The summed E-state index contributed by atoms with van der Waals surface area (Å²) in [5.41, 5.74) is 5.93. The van der Waals surface area contributed by atoms with Gasteiger partial charge in [-0.05, 0) is 0 Å². The molecule has 1 aliphatic rings. The molecule has 160 valence electrons. The molecule has 1 aliphatic heterocycles. The molecular formula is C12H12F3N5O8P-. The molecule has 0 aromatic carbocycles. The summed E-state index contributed by atoms with van der Waals surface area (Å²) in [6.07, 6.45) is -9.45. The zero-order valence-corrected chi connectivity index (χ0v) is 14.9. The van der Waals surface area contributed by atoms with Crippen molar-refractivity contribution in [3.63, 3.8) is 0 Å². The summed E-state index contributed by atoms with van der Waals surface area (Å²) >= 11 is 0. The first-order valence-corrected chi connectivity index (χ1v) is 9.07. The number of rotatable bonds is 5. The summed E-state index contributed by atoms with van der Waals surface area (Å²) in [6, 6.07) is 0. The first kappa shape index (κ1) is 21.4. The summed E-state index contributed by atoms with van der Waals surface area (Å²) in [5.74, 6) is -2.97. The molecule has 1 fully saturated rings. The van der Waals surface area contributed by atoms with Crippen molar-refractivity contribution in [2.24, 2.45) is 0 Å². The van der Waals surface area contributed by atoms with Crippen LogP contribution >= 0.6 is 7.82 Å². The number of nitrogen functional groups attached to an aromatic ring is 1. The van der Waals surface area contributed by atoms with Gasteiger partial charge in [-0.2, -0.15) is 13.2 Å². The number of aliphatic hydroxyl groups is 2. The van der Waals surface area contributed by atoms with Gasteiger partial charge in [0, 0.05) is 0 Å². The van der Waals surface area contributed by atoms with Crippen molar-refractivity contribution in [3.05, 3.63) is 12.7 Å². The fraction of sp³-hybridized carbons (Fsp3) is 0.500. The Kier molecular flexibility index (Phi) is 5.50. The average molecular weight is 442 g/mol. The normalized spacial score (nSPS) is 27.1. The molecule has 2 aromatic rings. The maximum atomic E-state index is 12.1. The van der Waals surface area contributed by atoms with E-state index in [0.29, 0.717) is 0 Å². The maximum absolute atomic E-state index is 12.1. The van der Waals surface area contributed by atoms with E-state index in [-0.39, 0.29) is 17.0 Å². The zero-order chi connectivity index (χ0) is 21.6. The third kappa shape index (κ3) is 4.31. The molecule has 1 unspecified atom stereocenters. The summed E-state index contributed by atoms with van der Waals surface area (Å²) in [5, 5.41) is 20.2. The Morgan fingerprint density at radius 3 is 2.69 bits per heavy atom. The number of phosphoric acid groups is 1. The fourth-order valence-corrected chi connectivity index (χ4v) is 3.19. The van der Waals surface area contributed by atoms with Crippen molar-refractivity contribution in [2.45, 2.75) is 30.7 Å². The van der Waals surface area contributed by atoms with E-state index in [1.54, 1.807) is 0 Å². The number of nitrogens with two attached hydrogens (primary N) is 1. The molecule has 5 atom stereocenters. The highest BCUT2D eigenvalue weighted by Gasteiger charge is 2.46. The van der Waals surface area contributed by atoms with E-state index < -0.39 is 51.1 Å². The van der Waals surface area contributed by atoms with Crippen LogP contribution < -0.4 is 10.6 Å². The number of alkyl halides is 3. The van der Waals surface area contributed by atoms with Gasteiger partial charge < -0.3 is 34.6 Å². The van der Waals surface area contributed by atoms with E-state index in [1.165, 1.54) is 10.9 Å². The molecule has 3 heterocycles. The molecular weight excluding hydrogens is 430 g/mol. The van der Waals surface area contributed by atoms with Crippen LogP contribution in [-0.4, -0.2) is 66.8 Å². The molecule has 0 aliphatic carbocycles. The van der Waals surface area contributed by atoms with Gasteiger partial charge in [-0.15, -0.1) is 0 Å². The standard InChI is InChI=1S/C12H13F3N5O8P/c13-12(14,15)11(23)28-29(24,25)26-1-4-6(21)7(22)10(27-4)20-3-19-5-8(16)17-2-18-9(5)20/h2-4,6-7,10,21-22H,1H2,(H,24,25)(H2,16,17,18)/p-1/t4-,6-,7-,10-/m1/s1. The number of hydrogen-bond acceptors (Lipinski definition) is 12. The van der Waals surface area contributed by atoms with Crippen molar-refractivity contribution < 1.29 is 51.4 Å². The lowest BCUT2D eigenvalue weighted by molar-refractivity contribution is -0.238. The van der Waals surface area contributed by atoms with Gasteiger partial charge in [-0.25, -0.2) is 19.7 Å². The summed E-state index contributed by atoms with van der Waals surface area (Å²) in [4.78, 5) is 33.6. The van der Waals surface area contributed by atoms with Gasteiger partial charge in [0.2, 0.25) is 0 Å². The molecule has 4 N–H and O–H groups in total. The first-order valence-electron chi connectivity index (χ1n) is 7.61. The van der Waals surface area contributed by atoms with Gasteiger partial charge in [0.25, 0.3) is 0 Å². The van der Waals surface area contributed by atoms with E-state index in [1.807, 2.05) is 0 Å². The van der Waals surface area contributed by atoms with Crippen molar-refractivity contribution in [2.75, 3.05) is 12.3 Å². The van der Waals surface area contributed by atoms with Crippen LogP contribution in [0, 0.1) is 0 Å². The molecule has 29 heavy (non-hydrogen) atoms. The lowest BCUT2D eigenvalue weighted by atomic mass is 10.1. The lowest BCUT2D eigenvalue weighted by Gasteiger charge is -2.24. The molecule has 0 amide bonds. The molecule has 0 saturated carbocycles. The molecule has 1 saturated heterocycles. The number of aliphatic hydroxyl groups excluding tert-OH is 2. The number of hydrogen-bond donors (Lipinski definition) is 3. The Morgan fingerprint density at radius 1 is 1.34 bits per heavy atom. The van der Waals surface area contributed by atoms with Crippen molar-refractivity contribution >= 4 is 30.8 Å². The molecule has 2 aromatic heterocycles. The third-order valence-corrected chi connectivity index (χ3v) is 4.68. The van der Waals surface area contributed by atoms with Gasteiger partial charge in [0.05, 0.1) is 12.9 Å². The smallest absolute Gasteiger partial charge is 0.491 e. The summed E-state index contributed by atoms with van der Waals surface area (Å²) in [7, 11) is -5.72. The predicted octanol–water partition coefficient (Wildman–Crippen LogP) is -1.38. The number of nitrogens with zero attached hydrogens (tertiary/aromatic N) is 4. The minimum Gasteiger partial charge on any atom is -0.746 e. The minimum absolute atomic E-state index is 0.0282. The monoisotopic (exact) mass is 442 g/mol. The maximum Gasteiger partial charge on any atom is 0.491 e. The van der Waals surface area contributed by atoms with Gasteiger partial charge in [-0.1, -0.05) is 0 Å². The fourth-order valence-electron chi connectivity index (χ4n) is 2.50. The van der Waals surface area contributed by atoms with Crippen molar-refractivity contribution in [1.82, 2.24) is 19.5 Å². The van der Waals surface area contributed by atoms with Crippen LogP contribution in [0.3, 0.4) is 0 Å². The number of phosphoric ester groups is 1. The Hall–Kier alpha value is -2.36. The number of ether oxygens (including phenoxy) is 1. The number of carbonyl (C=O) groups is 1. The number of imidazole rings is 1. The number of carbonyl (C=O) groups excluding carboxylic acids is 1. The van der Waals surface area contributed by atoms with E-state index in [2.05, 4.69) is 24.0 Å². The van der Waals surface area contributed by atoms with Crippen LogP contribution in [0.25, 0.3) is 11.2 Å². The van der Waals surface area contributed by atoms with Crippen LogP contribution in [0.5, 0.6) is 0 Å². The quantitative estimate of drug-likeness (QED) is 0.460. The van der Waals surface area contributed by atoms with Crippen molar-refractivity contribution in [1.29, 1.82) is 0 Å². The Labute approximate surface area is 158 Å². The van der Waals surface area contributed by atoms with Crippen LogP contribution in [0.1, 0.15) is 6.23 Å². The second-order valence-electron chi connectivity index (χ2n) is 5.75.